The number of nitriles is 1. The van der Waals surface area contributed by atoms with Crippen LogP contribution >= 0.6 is 11.6 Å². The van der Waals surface area contributed by atoms with Crippen molar-refractivity contribution < 1.29 is 19.4 Å². The van der Waals surface area contributed by atoms with Gasteiger partial charge in [0.15, 0.2) is 6.10 Å². The number of carbonyl (C=O) groups is 2. The van der Waals surface area contributed by atoms with E-state index in [0.717, 1.165) is 0 Å². The van der Waals surface area contributed by atoms with Crippen LogP contribution in [0.4, 0.5) is 10.5 Å². The Morgan fingerprint density at radius 3 is 3.05 bits per heavy atom. The first-order valence-electron chi connectivity index (χ1n) is 5.65. The van der Waals surface area contributed by atoms with E-state index in [4.69, 9.17) is 26.7 Å². The van der Waals surface area contributed by atoms with E-state index in [1.54, 1.807) is 18.2 Å². The minimum atomic E-state index is -1.34. The molecule has 1 aromatic carbocycles. The highest BCUT2D eigenvalue weighted by Crippen LogP contribution is 2.32. The molecule has 0 aromatic heterocycles. The van der Waals surface area contributed by atoms with E-state index in [1.807, 2.05) is 5.32 Å². The minimum Gasteiger partial charge on any atom is -0.478 e. The highest BCUT2D eigenvalue weighted by Gasteiger charge is 2.30. The number of carboxylic acid groups (broad SMARTS) is 1. The van der Waals surface area contributed by atoms with E-state index < -0.39 is 24.1 Å². The molecule has 0 spiro atoms. The molecule has 2 rings (SSSR count). The Morgan fingerprint density at radius 2 is 2.40 bits per heavy atom. The normalized spacial score (nSPS) is 18.0. The number of nitrogens with zero attached hydrogens (tertiary/aromatic N) is 1. The van der Waals surface area contributed by atoms with Crippen molar-refractivity contribution >= 4 is 29.3 Å². The summed E-state index contributed by atoms with van der Waals surface area (Å²) in [5.41, 5.74) is 0.482. The van der Waals surface area contributed by atoms with Gasteiger partial charge in [-0.1, -0.05) is 11.6 Å². The minimum absolute atomic E-state index is 0.0966. The summed E-state index contributed by atoms with van der Waals surface area (Å²) in [6.07, 6.45) is -2.39. The molecule has 1 aliphatic rings. The number of ether oxygens (including phenoxy) is 1. The summed E-state index contributed by atoms with van der Waals surface area (Å²) in [7, 11) is 0. The number of nitrogens with one attached hydrogen (secondary N) is 2. The van der Waals surface area contributed by atoms with Crippen molar-refractivity contribution in [1.29, 1.82) is 5.26 Å². The van der Waals surface area contributed by atoms with Gasteiger partial charge >= 0.3 is 6.09 Å². The SMILES string of the molecule is N#CC(C[C@@H]1Oc2cc(Cl)ccc2NC1=O)NC(=O)O. The van der Waals surface area contributed by atoms with Gasteiger partial charge in [-0.25, -0.2) is 4.79 Å². The van der Waals surface area contributed by atoms with Gasteiger partial charge in [0.2, 0.25) is 0 Å². The van der Waals surface area contributed by atoms with Gasteiger partial charge in [0.25, 0.3) is 5.91 Å². The monoisotopic (exact) mass is 295 g/mol. The molecule has 2 amide bonds. The molecule has 0 aliphatic carbocycles. The van der Waals surface area contributed by atoms with Crippen LogP contribution in [0.1, 0.15) is 6.42 Å². The first-order valence-corrected chi connectivity index (χ1v) is 6.03. The fourth-order valence-electron chi connectivity index (χ4n) is 1.78. The number of amides is 2. The summed E-state index contributed by atoms with van der Waals surface area (Å²) < 4.78 is 5.46. The maximum atomic E-state index is 11.8. The highest BCUT2D eigenvalue weighted by molar-refractivity contribution is 6.30. The largest absolute Gasteiger partial charge is 0.478 e. The van der Waals surface area contributed by atoms with Crippen molar-refractivity contribution in [2.24, 2.45) is 0 Å². The maximum Gasteiger partial charge on any atom is 0.405 e. The summed E-state index contributed by atoms with van der Waals surface area (Å²) >= 11 is 5.83. The zero-order valence-corrected chi connectivity index (χ0v) is 10.8. The molecule has 0 saturated heterocycles. The van der Waals surface area contributed by atoms with Gasteiger partial charge in [-0.3, -0.25) is 4.79 Å². The van der Waals surface area contributed by atoms with Crippen LogP contribution in [0.15, 0.2) is 18.2 Å². The second-order valence-corrected chi connectivity index (χ2v) is 4.54. The van der Waals surface area contributed by atoms with Gasteiger partial charge in [0.05, 0.1) is 11.8 Å². The van der Waals surface area contributed by atoms with Gasteiger partial charge in [-0.2, -0.15) is 5.26 Å². The van der Waals surface area contributed by atoms with E-state index in [1.165, 1.54) is 6.07 Å². The molecule has 0 radical (unpaired) electrons. The maximum absolute atomic E-state index is 11.8. The van der Waals surface area contributed by atoms with E-state index in [-0.39, 0.29) is 6.42 Å². The van der Waals surface area contributed by atoms with Gasteiger partial charge in [-0.05, 0) is 12.1 Å². The van der Waals surface area contributed by atoms with E-state index in [9.17, 15) is 9.59 Å². The van der Waals surface area contributed by atoms with Crippen molar-refractivity contribution in [2.75, 3.05) is 5.32 Å². The van der Waals surface area contributed by atoms with E-state index in [2.05, 4.69) is 5.32 Å². The molecule has 20 heavy (non-hydrogen) atoms. The van der Waals surface area contributed by atoms with Gasteiger partial charge < -0.3 is 20.5 Å². The second-order valence-electron chi connectivity index (χ2n) is 4.10. The molecule has 1 unspecified atom stereocenters. The number of anilines is 1. The second kappa shape index (κ2) is 5.67. The van der Waals surface area contributed by atoms with Crippen molar-refractivity contribution in [3.8, 4) is 11.8 Å². The predicted octanol–water partition coefficient (Wildman–Crippen LogP) is 1.59. The Balaban J connectivity index is 2.12. The Kier molecular flexibility index (Phi) is 3.96. The first kappa shape index (κ1) is 14.0. The summed E-state index contributed by atoms with van der Waals surface area (Å²) in [5, 5.41) is 22.5. The van der Waals surface area contributed by atoms with Crippen LogP contribution in [0.25, 0.3) is 0 Å². The Labute approximate surface area is 119 Å². The van der Waals surface area contributed by atoms with E-state index in [0.29, 0.717) is 16.5 Å². The average Bonchev–Trinajstić information content (AvgIpc) is 2.38. The molecular formula is C12H10ClN3O4. The summed E-state index contributed by atoms with van der Waals surface area (Å²) in [4.78, 5) is 22.3. The Morgan fingerprint density at radius 1 is 1.65 bits per heavy atom. The predicted molar refractivity (Wildman–Crippen MR) is 69.7 cm³/mol. The number of carbonyl (C=O) groups excluding carboxylic acids is 1. The molecule has 3 N–H and O–H groups in total. The van der Waals surface area contributed by atoms with Crippen molar-refractivity contribution in [2.45, 2.75) is 18.6 Å². The number of fused-ring (bicyclic) bond motifs is 1. The molecule has 1 aromatic rings. The summed E-state index contributed by atoms with van der Waals surface area (Å²) in [5.74, 6) is -0.0543. The average molecular weight is 296 g/mol. The fraction of sp³-hybridized carbons (Fsp3) is 0.250. The van der Waals surface area contributed by atoms with Crippen LogP contribution in [0.3, 0.4) is 0 Å². The van der Waals surface area contributed by atoms with Crippen LogP contribution < -0.4 is 15.4 Å². The number of halogens is 1. The van der Waals surface area contributed by atoms with Crippen LogP contribution in [0, 0.1) is 11.3 Å². The quantitative estimate of drug-likeness (QED) is 0.784. The summed E-state index contributed by atoms with van der Waals surface area (Å²) in [6, 6.07) is 5.46. The number of hydrogen-bond acceptors (Lipinski definition) is 4. The van der Waals surface area contributed by atoms with Crippen LogP contribution in [0.5, 0.6) is 5.75 Å². The lowest BCUT2D eigenvalue weighted by Crippen LogP contribution is -2.43. The molecule has 1 heterocycles. The molecule has 0 fully saturated rings. The molecule has 0 bridgehead atoms. The number of benzene rings is 1. The zero-order chi connectivity index (χ0) is 14.7. The zero-order valence-electron chi connectivity index (χ0n) is 10.1. The van der Waals surface area contributed by atoms with Crippen molar-refractivity contribution in [1.82, 2.24) is 5.32 Å². The third kappa shape index (κ3) is 3.10. The van der Waals surface area contributed by atoms with Gasteiger partial charge in [0.1, 0.15) is 11.8 Å². The molecule has 104 valence electrons. The summed E-state index contributed by atoms with van der Waals surface area (Å²) in [6.45, 7) is 0. The molecule has 0 saturated carbocycles. The van der Waals surface area contributed by atoms with Crippen LogP contribution in [-0.2, 0) is 4.79 Å². The third-order valence-corrected chi connectivity index (χ3v) is 2.90. The van der Waals surface area contributed by atoms with Crippen LogP contribution in [0.2, 0.25) is 5.02 Å². The van der Waals surface area contributed by atoms with Crippen LogP contribution in [-0.4, -0.2) is 29.3 Å². The molecule has 7 nitrogen and oxygen atoms in total. The Bertz CT molecular complexity index is 599. The third-order valence-electron chi connectivity index (χ3n) is 2.67. The molecular weight excluding hydrogens is 286 g/mol. The first-order chi connectivity index (χ1) is 9.49. The van der Waals surface area contributed by atoms with Crippen molar-refractivity contribution in [3.05, 3.63) is 23.2 Å². The van der Waals surface area contributed by atoms with Gasteiger partial charge in [0, 0.05) is 17.5 Å². The smallest absolute Gasteiger partial charge is 0.405 e. The fourth-order valence-corrected chi connectivity index (χ4v) is 1.94. The van der Waals surface area contributed by atoms with Gasteiger partial charge in [-0.15, -0.1) is 0 Å². The standard InChI is InChI=1S/C12H10ClN3O4/c13-6-1-2-8-9(3-6)20-10(11(17)16-8)4-7(5-14)15-12(18)19/h1-3,7,10,15H,4H2,(H,16,17)(H,18,19)/t7?,10-/m0/s1. The highest BCUT2D eigenvalue weighted by atomic mass is 35.5. The molecule has 8 heteroatoms. The topological polar surface area (TPSA) is 111 Å². The van der Waals surface area contributed by atoms with E-state index >= 15 is 0 Å². The molecule has 1 aliphatic heterocycles. The number of rotatable bonds is 3. The van der Waals surface area contributed by atoms with Crippen molar-refractivity contribution in [3.63, 3.8) is 0 Å². The molecule has 2 atom stereocenters. The Hall–Kier alpha value is -2.46. The lowest BCUT2D eigenvalue weighted by molar-refractivity contribution is -0.123. The lowest BCUT2D eigenvalue weighted by atomic mass is 10.1. The lowest BCUT2D eigenvalue weighted by Gasteiger charge is -2.27. The number of hydrogen-bond donors (Lipinski definition) is 3.